The molecule has 124 valence electrons. The number of halogens is 2. The first kappa shape index (κ1) is 17.3. The van der Waals surface area contributed by atoms with Gasteiger partial charge in [-0.05, 0) is 75.1 Å². The van der Waals surface area contributed by atoms with Crippen molar-refractivity contribution >= 4 is 49.4 Å². The molecule has 0 saturated heterocycles. The zero-order chi connectivity index (χ0) is 17.6. The van der Waals surface area contributed by atoms with E-state index >= 15 is 0 Å². The molecular formula is C17H15BrIN3O2. The van der Waals surface area contributed by atoms with E-state index in [0.29, 0.717) is 10.9 Å². The third-order valence-corrected chi connectivity index (χ3v) is 6.16. The molecule has 0 radical (unpaired) electrons. The van der Waals surface area contributed by atoms with Gasteiger partial charge in [0.15, 0.2) is 0 Å². The summed E-state index contributed by atoms with van der Waals surface area (Å²) in [5, 5.41) is 0.458. The lowest BCUT2D eigenvalue weighted by Gasteiger charge is -2.18. The third kappa shape index (κ3) is 2.83. The van der Waals surface area contributed by atoms with E-state index in [1.165, 1.54) is 0 Å². The Hall–Kier alpha value is -1.48. The Morgan fingerprint density at radius 2 is 2.00 bits per heavy atom. The van der Waals surface area contributed by atoms with Crippen LogP contribution in [-0.4, -0.2) is 14.5 Å². The molecule has 1 aromatic carbocycles. The number of nitrogens with zero attached hydrogens (tertiary/aromatic N) is 2. The summed E-state index contributed by atoms with van der Waals surface area (Å²) < 4.78 is 3.30. The van der Waals surface area contributed by atoms with Gasteiger partial charge in [-0.3, -0.25) is 19.3 Å². The van der Waals surface area contributed by atoms with E-state index in [2.05, 4.69) is 48.5 Å². The van der Waals surface area contributed by atoms with Crippen molar-refractivity contribution in [3.8, 4) is 5.69 Å². The van der Waals surface area contributed by atoms with E-state index in [1.54, 1.807) is 16.8 Å². The molecule has 0 aliphatic carbocycles. The molecule has 0 atom stereocenters. The molecule has 3 rings (SSSR count). The van der Waals surface area contributed by atoms with Crippen molar-refractivity contribution < 1.29 is 0 Å². The number of pyridine rings is 1. The molecule has 24 heavy (non-hydrogen) atoms. The highest BCUT2D eigenvalue weighted by molar-refractivity contribution is 14.1. The van der Waals surface area contributed by atoms with Crippen LogP contribution >= 0.6 is 38.5 Å². The van der Waals surface area contributed by atoms with Crippen molar-refractivity contribution in [3.05, 3.63) is 64.5 Å². The number of fused-ring (bicyclic) bond motifs is 1. The van der Waals surface area contributed by atoms with Gasteiger partial charge in [-0.2, -0.15) is 0 Å². The van der Waals surface area contributed by atoms with Crippen LogP contribution in [-0.2, 0) is 0 Å². The fourth-order valence-electron chi connectivity index (χ4n) is 2.74. The molecule has 0 aliphatic heterocycles. The minimum absolute atomic E-state index is 0.142. The van der Waals surface area contributed by atoms with Crippen LogP contribution < -0.4 is 11.2 Å². The number of rotatable bonds is 2. The van der Waals surface area contributed by atoms with Crippen molar-refractivity contribution in [2.24, 2.45) is 0 Å². The first-order valence-electron chi connectivity index (χ1n) is 7.41. The summed E-state index contributed by atoms with van der Waals surface area (Å²) in [5.74, 6) is 0.142. The van der Waals surface area contributed by atoms with Gasteiger partial charge in [-0.1, -0.05) is 13.8 Å². The topological polar surface area (TPSA) is 67.8 Å². The Balaban J connectivity index is 2.56. The van der Waals surface area contributed by atoms with Gasteiger partial charge in [0.25, 0.3) is 5.56 Å². The van der Waals surface area contributed by atoms with Crippen molar-refractivity contribution in [3.63, 3.8) is 0 Å². The molecule has 5 nitrogen and oxygen atoms in total. The van der Waals surface area contributed by atoms with Crippen LogP contribution in [0.4, 0.5) is 0 Å². The fourth-order valence-corrected chi connectivity index (χ4v) is 3.53. The van der Waals surface area contributed by atoms with Gasteiger partial charge >= 0.3 is 5.69 Å². The number of H-pyrrole nitrogens is 1. The lowest BCUT2D eigenvalue weighted by Crippen LogP contribution is -2.30. The summed E-state index contributed by atoms with van der Waals surface area (Å²) in [6, 6.07) is 5.45. The van der Waals surface area contributed by atoms with E-state index in [-0.39, 0.29) is 5.92 Å². The second-order valence-electron chi connectivity index (χ2n) is 5.89. The van der Waals surface area contributed by atoms with E-state index in [0.717, 1.165) is 25.0 Å². The average molecular weight is 500 g/mol. The van der Waals surface area contributed by atoms with Gasteiger partial charge in [0.2, 0.25) is 0 Å². The Kier molecular flexibility index (Phi) is 4.65. The van der Waals surface area contributed by atoms with Gasteiger partial charge in [0.05, 0.1) is 22.3 Å². The highest BCUT2D eigenvalue weighted by Gasteiger charge is 2.18. The highest BCUT2D eigenvalue weighted by atomic mass is 127. The third-order valence-electron chi connectivity index (χ3n) is 3.87. The predicted octanol–water partition coefficient (Wildman–Crippen LogP) is 3.87. The van der Waals surface area contributed by atoms with Crippen molar-refractivity contribution in [2.75, 3.05) is 0 Å². The number of hydrogen-bond donors (Lipinski definition) is 1. The van der Waals surface area contributed by atoms with Crippen LogP contribution in [0.1, 0.15) is 31.0 Å². The van der Waals surface area contributed by atoms with E-state index in [9.17, 15) is 9.59 Å². The van der Waals surface area contributed by atoms with Crippen LogP contribution in [0, 0.1) is 10.5 Å². The second kappa shape index (κ2) is 6.44. The van der Waals surface area contributed by atoms with Crippen molar-refractivity contribution in [1.82, 2.24) is 14.5 Å². The number of aromatic nitrogens is 3. The Bertz CT molecular complexity index is 1070. The van der Waals surface area contributed by atoms with Crippen LogP contribution in [0.3, 0.4) is 0 Å². The number of benzene rings is 1. The summed E-state index contributed by atoms with van der Waals surface area (Å²) in [5.41, 5.74) is 2.22. The van der Waals surface area contributed by atoms with Crippen LogP contribution in [0.2, 0.25) is 0 Å². The van der Waals surface area contributed by atoms with Gasteiger partial charge in [0, 0.05) is 14.2 Å². The Morgan fingerprint density at radius 3 is 2.67 bits per heavy atom. The molecular weight excluding hydrogens is 485 g/mol. The molecule has 2 aromatic heterocycles. The minimum Gasteiger partial charge on any atom is -0.273 e. The summed E-state index contributed by atoms with van der Waals surface area (Å²) in [4.78, 5) is 31.8. The van der Waals surface area contributed by atoms with E-state index in [1.807, 2.05) is 32.9 Å². The predicted molar refractivity (Wildman–Crippen MR) is 107 cm³/mol. The maximum absolute atomic E-state index is 12.6. The SMILES string of the molecule is Cc1ccnc(C(C)C)c1-n1c(=O)[nH]c(=O)c2cc(Br)c(I)cc21. The van der Waals surface area contributed by atoms with E-state index in [4.69, 9.17) is 0 Å². The molecule has 0 fully saturated rings. The zero-order valence-corrected chi connectivity index (χ0v) is 17.1. The average Bonchev–Trinajstić information content (AvgIpc) is 2.50. The second-order valence-corrected chi connectivity index (χ2v) is 7.91. The summed E-state index contributed by atoms with van der Waals surface area (Å²) in [6.45, 7) is 6.01. The maximum Gasteiger partial charge on any atom is 0.333 e. The Morgan fingerprint density at radius 1 is 1.29 bits per heavy atom. The smallest absolute Gasteiger partial charge is 0.273 e. The first-order valence-corrected chi connectivity index (χ1v) is 9.28. The number of aromatic amines is 1. The molecule has 2 heterocycles. The molecule has 0 unspecified atom stereocenters. The van der Waals surface area contributed by atoms with Gasteiger partial charge < -0.3 is 0 Å². The molecule has 7 heteroatoms. The fraction of sp³-hybridized carbons (Fsp3) is 0.235. The molecule has 0 amide bonds. The van der Waals surface area contributed by atoms with E-state index < -0.39 is 11.2 Å². The lowest BCUT2D eigenvalue weighted by molar-refractivity contribution is 0.791. The van der Waals surface area contributed by atoms with Crippen molar-refractivity contribution in [2.45, 2.75) is 26.7 Å². The first-order chi connectivity index (χ1) is 11.3. The lowest BCUT2D eigenvalue weighted by atomic mass is 10.0. The van der Waals surface area contributed by atoms with Crippen LogP contribution in [0.15, 0.2) is 38.5 Å². The van der Waals surface area contributed by atoms with Crippen LogP contribution in [0.5, 0.6) is 0 Å². The van der Waals surface area contributed by atoms with Gasteiger partial charge in [-0.15, -0.1) is 0 Å². The number of aryl methyl sites for hydroxylation is 1. The zero-order valence-electron chi connectivity index (χ0n) is 13.4. The van der Waals surface area contributed by atoms with Gasteiger partial charge in [0.1, 0.15) is 0 Å². The monoisotopic (exact) mass is 499 g/mol. The molecule has 0 saturated carbocycles. The molecule has 0 bridgehead atoms. The maximum atomic E-state index is 12.6. The summed E-state index contributed by atoms with van der Waals surface area (Å²) in [7, 11) is 0. The quantitative estimate of drug-likeness (QED) is 0.544. The standard InChI is InChI=1S/C17H15BrIN3O2/c1-8(2)14-15(9(3)4-5-20-14)22-13-7-12(19)11(18)6-10(13)16(23)21-17(22)24/h4-8H,1-3H3,(H,21,23,24). The molecule has 0 aliphatic rings. The van der Waals surface area contributed by atoms with Crippen molar-refractivity contribution in [1.29, 1.82) is 0 Å². The largest absolute Gasteiger partial charge is 0.333 e. The Labute approximate surface area is 160 Å². The summed E-state index contributed by atoms with van der Waals surface area (Å²) >= 11 is 5.61. The summed E-state index contributed by atoms with van der Waals surface area (Å²) in [6.07, 6.45) is 1.74. The highest BCUT2D eigenvalue weighted by Crippen LogP contribution is 2.28. The number of nitrogens with one attached hydrogen (secondary N) is 1. The van der Waals surface area contributed by atoms with Crippen LogP contribution in [0.25, 0.3) is 16.6 Å². The van der Waals surface area contributed by atoms with Gasteiger partial charge in [-0.25, -0.2) is 4.79 Å². The minimum atomic E-state index is -0.455. The molecule has 1 N–H and O–H groups in total. The molecule has 3 aromatic rings. The number of hydrogen-bond acceptors (Lipinski definition) is 3. The normalized spacial score (nSPS) is 11.4. The molecule has 0 spiro atoms.